The van der Waals surface area contributed by atoms with E-state index in [1.54, 1.807) is 18.2 Å². The quantitative estimate of drug-likeness (QED) is 0.208. The molecule has 0 bridgehead atoms. The average Bonchev–Trinajstić information content (AvgIpc) is 1.89. The van der Waals surface area contributed by atoms with E-state index in [0.717, 1.165) is 0 Å². The van der Waals surface area contributed by atoms with Crippen LogP contribution in [0, 0.1) is 5.21 Å². The third-order valence-corrected chi connectivity index (χ3v) is 0.972. The number of hydrogen-bond donors (Lipinski definition) is 2. The van der Waals surface area contributed by atoms with Gasteiger partial charge in [0.1, 0.15) is 0 Å². The maximum absolute atomic E-state index is 10.6. The van der Waals surface area contributed by atoms with Crippen LogP contribution in [0.5, 0.6) is 0 Å². The Kier molecular flexibility index (Phi) is 3.92. The molecule has 1 rings (SSSR count). The molecule has 0 radical (unpaired) electrons. The van der Waals surface area contributed by atoms with Gasteiger partial charge in [0.05, 0.1) is 6.20 Å². The van der Waals surface area contributed by atoms with Gasteiger partial charge < -0.3 is 5.21 Å². The standard InChI is InChI=1S/C5H7N3O.Zn/c6-7-5-3-1-2-4-8(5)9;/h1-4,7H,6H2;. The molecule has 0 atom stereocenters. The number of nitrogens with zero attached hydrogens (tertiary/aromatic N) is 1. The third-order valence-electron chi connectivity index (χ3n) is 0.972. The Labute approximate surface area is 71.4 Å². The fourth-order valence-electron chi connectivity index (χ4n) is 0.540. The fourth-order valence-corrected chi connectivity index (χ4v) is 0.540. The number of nitrogens with one attached hydrogen (secondary N) is 1. The molecule has 0 spiro atoms. The van der Waals surface area contributed by atoms with Crippen molar-refractivity contribution in [1.82, 2.24) is 0 Å². The summed E-state index contributed by atoms with van der Waals surface area (Å²) in [5.74, 6) is 5.32. The first kappa shape index (κ1) is 9.33. The molecule has 0 amide bonds. The fraction of sp³-hybridized carbons (Fsp3) is 0. The van der Waals surface area contributed by atoms with Crippen molar-refractivity contribution in [2.24, 2.45) is 5.84 Å². The molecule has 0 aliphatic carbocycles. The second-order valence-corrected chi connectivity index (χ2v) is 1.56. The Hall–Kier alpha value is -0.667. The van der Waals surface area contributed by atoms with Crippen LogP contribution in [0.15, 0.2) is 24.4 Å². The summed E-state index contributed by atoms with van der Waals surface area (Å²) in [5, 5.41) is 10.6. The van der Waals surface area contributed by atoms with Crippen molar-refractivity contribution in [2.75, 3.05) is 5.43 Å². The van der Waals surface area contributed by atoms with Gasteiger partial charge in [-0.2, -0.15) is 11.3 Å². The summed E-state index contributed by atoms with van der Waals surface area (Å²) >= 11 is 0. The molecule has 0 aliphatic heterocycles. The third kappa shape index (κ3) is 1.93. The zero-order valence-electron chi connectivity index (χ0n) is 5.45. The van der Waals surface area contributed by atoms with Gasteiger partial charge in [-0.3, -0.25) is 0 Å². The molecule has 0 saturated carbocycles. The number of hydrogen-bond acceptors (Lipinski definition) is 3. The number of nitrogen functional groups attached to an aromatic ring is 1. The molecule has 3 N–H and O–H groups in total. The second-order valence-electron chi connectivity index (χ2n) is 1.56. The predicted molar refractivity (Wildman–Crippen MR) is 33.2 cm³/mol. The van der Waals surface area contributed by atoms with Crippen LogP contribution in [0.25, 0.3) is 0 Å². The Bertz CT molecular complexity index is 206. The van der Waals surface area contributed by atoms with Crippen molar-refractivity contribution < 1.29 is 24.2 Å². The van der Waals surface area contributed by atoms with Gasteiger partial charge in [0, 0.05) is 25.5 Å². The van der Waals surface area contributed by atoms with Gasteiger partial charge in [-0.1, -0.05) is 6.07 Å². The molecule has 1 aromatic rings. The number of rotatable bonds is 1. The minimum absolute atomic E-state index is 0. The van der Waals surface area contributed by atoms with Crippen molar-refractivity contribution in [1.29, 1.82) is 0 Å². The van der Waals surface area contributed by atoms with Crippen molar-refractivity contribution in [3.05, 3.63) is 29.6 Å². The normalized spacial score (nSPS) is 8.10. The van der Waals surface area contributed by atoms with Crippen LogP contribution < -0.4 is 16.0 Å². The SMILES string of the molecule is NNc1cccc[n+]1[O-].[Zn]. The first-order chi connectivity index (χ1) is 4.34. The average molecular weight is 191 g/mol. The molecule has 0 saturated heterocycles. The zero-order chi connectivity index (χ0) is 6.69. The van der Waals surface area contributed by atoms with Gasteiger partial charge in [0.25, 0.3) is 5.82 Å². The van der Waals surface area contributed by atoms with E-state index in [0.29, 0.717) is 10.5 Å². The first-order valence-corrected chi connectivity index (χ1v) is 2.49. The van der Waals surface area contributed by atoms with E-state index in [1.807, 2.05) is 0 Å². The minimum Gasteiger partial charge on any atom is -0.711 e. The summed E-state index contributed by atoms with van der Waals surface area (Å²) in [6.07, 6.45) is 1.37. The van der Waals surface area contributed by atoms with Crippen molar-refractivity contribution in [2.45, 2.75) is 0 Å². The van der Waals surface area contributed by atoms with Crippen molar-refractivity contribution >= 4 is 5.82 Å². The summed E-state index contributed by atoms with van der Waals surface area (Å²) in [5.41, 5.74) is 2.25. The van der Waals surface area contributed by atoms with Gasteiger partial charge in [0.15, 0.2) is 0 Å². The van der Waals surface area contributed by atoms with Crippen molar-refractivity contribution in [3.63, 3.8) is 0 Å². The summed E-state index contributed by atoms with van der Waals surface area (Å²) in [6, 6.07) is 4.95. The summed E-state index contributed by atoms with van der Waals surface area (Å²) in [6.45, 7) is 0. The van der Waals surface area contributed by atoms with E-state index in [2.05, 4.69) is 5.43 Å². The van der Waals surface area contributed by atoms with Crippen LogP contribution in [0.1, 0.15) is 0 Å². The van der Waals surface area contributed by atoms with E-state index in [1.165, 1.54) is 6.20 Å². The van der Waals surface area contributed by atoms with Crippen LogP contribution in [0.3, 0.4) is 0 Å². The molecule has 0 unspecified atom stereocenters. The van der Waals surface area contributed by atoms with Crippen LogP contribution in [0.2, 0.25) is 0 Å². The molecular weight excluding hydrogens is 183 g/mol. The molecular formula is C5H7N3OZn. The smallest absolute Gasteiger partial charge is 0.295 e. The summed E-state index contributed by atoms with van der Waals surface area (Å²) < 4.78 is 0.653. The van der Waals surface area contributed by atoms with Gasteiger partial charge in [-0.05, 0) is 6.07 Å². The Balaban J connectivity index is 0.000000810. The van der Waals surface area contributed by atoms with Gasteiger partial charge in [-0.15, -0.1) is 0 Å². The zero-order valence-corrected chi connectivity index (χ0v) is 8.42. The van der Waals surface area contributed by atoms with E-state index in [4.69, 9.17) is 5.84 Å². The van der Waals surface area contributed by atoms with E-state index < -0.39 is 0 Å². The molecule has 0 aliphatic rings. The Morgan fingerprint density at radius 2 is 2.20 bits per heavy atom. The summed E-state index contributed by atoms with van der Waals surface area (Å²) in [4.78, 5) is 0. The number of aromatic nitrogens is 1. The van der Waals surface area contributed by atoms with Gasteiger partial charge >= 0.3 is 0 Å². The molecule has 4 nitrogen and oxygen atoms in total. The van der Waals surface area contributed by atoms with Gasteiger partial charge in [-0.25, -0.2) is 4.73 Å². The molecule has 5 heteroatoms. The molecule has 0 fully saturated rings. The Morgan fingerprint density at radius 1 is 1.50 bits per heavy atom. The summed E-state index contributed by atoms with van der Waals surface area (Å²) in [7, 11) is 0. The molecule has 10 heavy (non-hydrogen) atoms. The first-order valence-electron chi connectivity index (χ1n) is 2.49. The van der Waals surface area contributed by atoms with E-state index >= 15 is 0 Å². The number of anilines is 1. The van der Waals surface area contributed by atoms with Gasteiger partial charge in [0.2, 0.25) is 0 Å². The monoisotopic (exact) mass is 189 g/mol. The van der Waals surface area contributed by atoms with Crippen LogP contribution in [-0.4, -0.2) is 0 Å². The Morgan fingerprint density at radius 3 is 2.60 bits per heavy atom. The minimum atomic E-state index is 0. The second kappa shape index (κ2) is 4.20. The molecule has 1 aromatic heterocycles. The van der Waals surface area contributed by atoms with E-state index in [9.17, 15) is 5.21 Å². The van der Waals surface area contributed by atoms with Crippen LogP contribution in [-0.2, 0) is 19.5 Å². The van der Waals surface area contributed by atoms with Crippen molar-refractivity contribution in [3.8, 4) is 0 Å². The van der Waals surface area contributed by atoms with Crippen LogP contribution in [0.4, 0.5) is 5.82 Å². The number of pyridine rings is 1. The maximum atomic E-state index is 10.6. The molecule has 0 aromatic carbocycles. The number of hydrazine groups is 1. The van der Waals surface area contributed by atoms with E-state index in [-0.39, 0.29) is 19.5 Å². The largest absolute Gasteiger partial charge is 0.711 e. The van der Waals surface area contributed by atoms with Crippen LogP contribution >= 0.6 is 0 Å². The molecule has 1 heterocycles. The molecule has 50 valence electrons. The maximum Gasteiger partial charge on any atom is 0.295 e. The predicted octanol–water partition coefficient (Wildman–Crippen LogP) is -0.397. The number of nitrogens with two attached hydrogens (primary N) is 1. The topological polar surface area (TPSA) is 65.0 Å².